The minimum Gasteiger partial charge on any atom is -0.493 e. The molecule has 0 unspecified atom stereocenters. The number of benzene rings is 1. The fourth-order valence-electron chi connectivity index (χ4n) is 3.78. The van der Waals surface area contributed by atoms with Crippen LogP contribution in [0.1, 0.15) is 16.1 Å². The van der Waals surface area contributed by atoms with Gasteiger partial charge in [-0.3, -0.25) is 9.20 Å². The molecule has 0 N–H and O–H groups in total. The molecule has 1 aromatic carbocycles. The number of anilines is 1. The van der Waals surface area contributed by atoms with Gasteiger partial charge in [-0.05, 0) is 31.2 Å². The maximum Gasteiger partial charge on any atom is 0.254 e. The van der Waals surface area contributed by atoms with Gasteiger partial charge in [0, 0.05) is 37.4 Å². The number of fused-ring (bicyclic) bond motifs is 1. The summed E-state index contributed by atoms with van der Waals surface area (Å²) in [4.78, 5) is 17.1. The highest BCUT2D eigenvalue weighted by atomic mass is 16.5. The molecule has 0 spiro atoms. The van der Waals surface area contributed by atoms with Crippen molar-refractivity contribution in [2.24, 2.45) is 0 Å². The third-order valence-corrected chi connectivity index (χ3v) is 5.37. The Hall–Kier alpha value is -3.49. The van der Waals surface area contributed by atoms with Crippen molar-refractivity contribution in [1.82, 2.24) is 19.5 Å². The molecule has 4 rings (SSSR count). The van der Waals surface area contributed by atoms with E-state index in [9.17, 15) is 4.79 Å². The van der Waals surface area contributed by atoms with Crippen molar-refractivity contribution in [2.75, 3.05) is 52.4 Å². The highest BCUT2D eigenvalue weighted by molar-refractivity contribution is 5.95. The van der Waals surface area contributed by atoms with Crippen LogP contribution in [0.5, 0.6) is 17.2 Å². The van der Waals surface area contributed by atoms with E-state index < -0.39 is 0 Å². The molecular formula is C21H25N5O4. The fourth-order valence-corrected chi connectivity index (χ4v) is 3.78. The largest absolute Gasteiger partial charge is 0.493 e. The quantitative estimate of drug-likeness (QED) is 0.635. The lowest BCUT2D eigenvalue weighted by molar-refractivity contribution is 0.0745. The zero-order valence-corrected chi connectivity index (χ0v) is 17.6. The maximum absolute atomic E-state index is 13.1. The van der Waals surface area contributed by atoms with Gasteiger partial charge < -0.3 is 24.0 Å². The second-order valence-corrected chi connectivity index (χ2v) is 7.05. The molecule has 1 aliphatic rings. The van der Waals surface area contributed by atoms with Gasteiger partial charge in [0.2, 0.25) is 11.7 Å². The Bertz CT molecular complexity index is 1050. The number of hydrogen-bond acceptors (Lipinski definition) is 7. The molecule has 30 heavy (non-hydrogen) atoms. The molecule has 2 aromatic heterocycles. The second kappa shape index (κ2) is 8.10. The molecule has 1 saturated heterocycles. The van der Waals surface area contributed by atoms with Gasteiger partial charge >= 0.3 is 0 Å². The molecule has 0 saturated carbocycles. The van der Waals surface area contributed by atoms with Crippen LogP contribution in [0.4, 0.5) is 5.95 Å². The molecule has 158 valence electrons. The first kappa shape index (κ1) is 19.8. The molecule has 0 atom stereocenters. The second-order valence-electron chi connectivity index (χ2n) is 7.05. The van der Waals surface area contributed by atoms with E-state index in [1.165, 1.54) is 21.3 Å². The van der Waals surface area contributed by atoms with E-state index in [-0.39, 0.29) is 5.91 Å². The Labute approximate surface area is 174 Å². The summed E-state index contributed by atoms with van der Waals surface area (Å²) >= 11 is 0. The van der Waals surface area contributed by atoms with Crippen molar-refractivity contribution in [3.8, 4) is 17.2 Å². The number of aryl methyl sites for hydroxylation is 1. The molecule has 0 bridgehead atoms. The normalized spacial score (nSPS) is 14.1. The van der Waals surface area contributed by atoms with E-state index in [1.54, 1.807) is 12.1 Å². The van der Waals surface area contributed by atoms with Gasteiger partial charge in [-0.2, -0.15) is 0 Å². The predicted molar refractivity (Wildman–Crippen MR) is 112 cm³/mol. The minimum atomic E-state index is -0.0730. The van der Waals surface area contributed by atoms with Crippen molar-refractivity contribution < 1.29 is 19.0 Å². The van der Waals surface area contributed by atoms with Crippen molar-refractivity contribution >= 4 is 17.5 Å². The summed E-state index contributed by atoms with van der Waals surface area (Å²) in [5, 5.41) is 8.62. The number of carbonyl (C=O) groups is 1. The lowest BCUT2D eigenvalue weighted by Gasteiger charge is -2.35. The average molecular weight is 411 g/mol. The van der Waals surface area contributed by atoms with Crippen LogP contribution in [-0.2, 0) is 0 Å². The van der Waals surface area contributed by atoms with Crippen LogP contribution in [0.25, 0.3) is 5.65 Å². The third-order valence-electron chi connectivity index (χ3n) is 5.37. The molecule has 1 fully saturated rings. The number of piperazine rings is 1. The monoisotopic (exact) mass is 411 g/mol. The summed E-state index contributed by atoms with van der Waals surface area (Å²) in [5.74, 6) is 2.13. The van der Waals surface area contributed by atoms with Crippen LogP contribution in [0, 0.1) is 6.92 Å². The smallest absolute Gasteiger partial charge is 0.254 e. The topological polar surface area (TPSA) is 81.4 Å². The van der Waals surface area contributed by atoms with Crippen LogP contribution < -0.4 is 19.1 Å². The number of nitrogens with zero attached hydrogens (tertiary/aromatic N) is 5. The van der Waals surface area contributed by atoms with Crippen LogP contribution in [-0.4, -0.2) is 72.9 Å². The molecule has 3 aromatic rings. The van der Waals surface area contributed by atoms with Crippen LogP contribution in [0.3, 0.4) is 0 Å². The Morgan fingerprint density at radius 2 is 1.60 bits per heavy atom. The molecule has 0 aliphatic carbocycles. The van der Waals surface area contributed by atoms with E-state index in [4.69, 9.17) is 14.2 Å². The molecular weight excluding hydrogens is 386 g/mol. The zero-order chi connectivity index (χ0) is 21.3. The van der Waals surface area contributed by atoms with Crippen LogP contribution in [0.2, 0.25) is 0 Å². The van der Waals surface area contributed by atoms with Crippen LogP contribution in [0.15, 0.2) is 30.3 Å². The standard InChI is InChI=1S/C21H25N5O4/c1-14-6-5-7-18-22-23-21(26(14)18)25-10-8-24(9-11-25)20(27)15-12-16(28-2)19(30-4)17(13-15)29-3/h5-7,12-13H,8-11H2,1-4H3. The molecule has 1 amide bonds. The van der Waals surface area contributed by atoms with Gasteiger partial charge in [-0.25, -0.2) is 0 Å². The summed E-state index contributed by atoms with van der Waals surface area (Å²) in [5.41, 5.74) is 2.39. The Balaban J connectivity index is 1.52. The number of pyridine rings is 1. The summed E-state index contributed by atoms with van der Waals surface area (Å²) < 4.78 is 18.1. The highest BCUT2D eigenvalue weighted by Gasteiger charge is 2.26. The van der Waals surface area contributed by atoms with Crippen molar-refractivity contribution in [3.63, 3.8) is 0 Å². The predicted octanol–water partition coefficient (Wildman–Crippen LogP) is 2.03. The molecule has 1 aliphatic heterocycles. The van der Waals surface area contributed by atoms with E-state index in [1.807, 2.05) is 34.4 Å². The lowest BCUT2D eigenvalue weighted by Crippen LogP contribution is -2.49. The summed E-state index contributed by atoms with van der Waals surface area (Å²) in [6.45, 7) is 4.53. The van der Waals surface area contributed by atoms with Crippen molar-refractivity contribution in [2.45, 2.75) is 6.92 Å². The maximum atomic E-state index is 13.1. The lowest BCUT2D eigenvalue weighted by atomic mass is 10.1. The van der Waals surface area contributed by atoms with Gasteiger partial charge in [0.25, 0.3) is 5.91 Å². The first-order valence-electron chi connectivity index (χ1n) is 9.72. The van der Waals surface area contributed by atoms with Gasteiger partial charge in [0.15, 0.2) is 17.1 Å². The first-order chi connectivity index (χ1) is 14.6. The molecule has 0 radical (unpaired) electrons. The highest BCUT2D eigenvalue weighted by Crippen LogP contribution is 2.38. The number of methoxy groups -OCH3 is 3. The Morgan fingerprint density at radius 3 is 2.20 bits per heavy atom. The van der Waals surface area contributed by atoms with Gasteiger partial charge in [0.05, 0.1) is 21.3 Å². The zero-order valence-electron chi connectivity index (χ0n) is 17.6. The van der Waals surface area contributed by atoms with Gasteiger partial charge in [0.1, 0.15) is 0 Å². The molecule has 9 heteroatoms. The Morgan fingerprint density at radius 1 is 0.933 bits per heavy atom. The van der Waals surface area contributed by atoms with Gasteiger partial charge in [-0.1, -0.05) is 6.07 Å². The van der Waals surface area contributed by atoms with Gasteiger partial charge in [-0.15, -0.1) is 10.2 Å². The van der Waals surface area contributed by atoms with Crippen molar-refractivity contribution in [1.29, 1.82) is 0 Å². The summed E-state index contributed by atoms with van der Waals surface area (Å²) in [7, 11) is 4.61. The van der Waals surface area contributed by atoms with E-state index in [0.29, 0.717) is 49.0 Å². The first-order valence-corrected chi connectivity index (χ1v) is 9.72. The van der Waals surface area contributed by atoms with Crippen molar-refractivity contribution in [3.05, 3.63) is 41.6 Å². The minimum absolute atomic E-state index is 0.0730. The number of amides is 1. The number of ether oxygens (including phenoxy) is 3. The number of aromatic nitrogens is 3. The van der Waals surface area contributed by atoms with E-state index >= 15 is 0 Å². The molecule has 3 heterocycles. The number of rotatable bonds is 5. The number of carbonyl (C=O) groups excluding carboxylic acids is 1. The van der Waals surface area contributed by atoms with E-state index in [2.05, 4.69) is 15.1 Å². The third kappa shape index (κ3) is 3.36. The fraction of sp³-hybridized carbons (Fsp3) is 0.381. The van der Waals surface area contributed by atoms with E-state index in [0.717, 1.165) is 17.3 Å². The Kier molecular flexibility index (Phi) is 5.35. The SMILES string of the molecule is COc1cc(C(=O)N2CCN(c3nnc4cccc(C)n34)CC2)cc(OC)c1OC. The summed E-state index contributed by atoms with van der Waals surface area (Å²) in [6, 6.07) is 9.31. The molecule has 9 nitrogen and oxygen atoms in total. The number of hydrogen-bond donors (Lipinski definition) is 0. The summed E-state index contributed by atoms with van der Waals surface area (Å²) in [6.07, 6.45) is 0. The van der Waals surface area contributed by atoms with Crippen LogP contribution >= 0.6 is 0 Å². The average Bonchev–Trinajstić information content (AvgIpc) is 3.23.